The monoisotopic (exact) mass is 716 g/mol. The van der Waals surface area contributed by atoms with E-state index in [-0.39, 0.29) is 104 Å². The molecule has 12 atom stereocenters. The molecule has 0 aliphatic heterocycles. The maximum absolute atomic E-state index is 13.3. The summed E-state index contributed by atoms with van der Waals surface area (Å²) in [5, 5.41) is 0. The average Bonchev–Trinajstić information content (AvgIpc) is 3.46. The molecule has 2 spiro atoms. The molecule has 8 nitrogen and oxygen atoms in total. The van der Waals surface area contributed by atoms with Gasteiger partial charge >= 0.3 is 11.9 Å². The van der Waals surface area contributed by atoms with Gasteiger partial charge in [0.1, 0.15) is 35.3 Å². The van der Waals surface area contributed by atoms with Gasteiger partial charge in [0.2, 0.25) is 0 Å². The Hall–Kier alpha value is -2.90. The number of fused-ring (bicyclic) bond motifs is 6. The summed E-state index contributed by atoms with van der Waals surface area (Å²) in [6.07, 6.45) is 7.84. The van der Waals surface area contributed by atoms with E-state index in [0.717, 1.165) is 62.5 Å². The highest BCUT2D eigenvalue weighted by Crippen LogP contribution is 2.72. The molecule has 0 unspecified atom stereocenters. The van der Waals surface area contributed by atoms with Crippen molar-refractivity contribution < 1.29 is 38.2 Å². The van der Waals surface area contributed by atoms with Crippen LogP contribution in [0.2, 0.25) is 0 Å². The van der Waals surface area contributed by atoms with Crippen LogP contribution in [0.1, 0.15) is 132 Å². The molecule has 8 heteroatoms. The smallest absolute Gasteiger partial charge is 0.302 e. The van der Waals surface area contributed by atoms with Gasteiger partial charge in [-0.05, 0) is 84.9 Å². The van der Waals surface area contributed by atoms with E-state index in [9.17, 15) is 28.8 Å². The molecule has 0 N–H and O–H groups in total. The van der Waals surface area contributed by atoms with Gasteiger partial charge in [0.05, 0.1) is 0 Å². The molecule has 0 saturated heterocycles. The van der Waals surface area contributed by atoms with Gasteiger partial charge in [0, 0.05) is 74.0 Å². The van der Waals surface area contributed by atoms with Crippen molar-refractivity contribution in [1.29, 1.82) is 0 Å². The van der Waals surface area contributed by atoms with Crippen molar-refractivity contribution in [3.8, 4) is 0 Å². The first-order valence-electron chi connectivity index (χ1n) is 19.8. The van der Waals surface area contributed by atoms with E-state index in [1.165, 1.54) is 13.8 Å². The fourth-order valence-corrected chi connectivity index (χ4v) is 15.0. The number of carbonyl (C=O) groups excluding carboxylic acids is 6. The number of allylic oxidation sites excluding steroid dienone is 2. The fraction of sp³-hybridized carbons (Fsp3) is 0.773. The van der Waals surface area contributed by atoms with E-state index in [0.29, 0.717) is 25.7 Å². The van der Waals surface area contributed by atoms with Crippen LogP contribution in [0.5, 0.6) is 0 Å². The van der Waals surface area contributed by atoms with Crippen molar-refractivity contribution in [2.45, 2.75) is 145 Å². The van der Waals surface area contributed by atoms with Crippen LogP contribution in [0.4, 0.5) is 0 Å². The molecule has 284 valence electrons. The number of esters is 2. The fourth-order valence-electron chi connectivity index (χ4n) is 15.0. The number of hydrogen-bond donors (Lipinski definition) is 0. The molecule has 8 aliphatic rings. The summed E-state index contributed by atoms with van der Waals surface area (Å²) in [4.78, 5) is 76.0. The summed E-state index contributed by atoms with van der Waals surface area (Å²) in [5.41, 5.74) is 0.386. The van der Waals surface area contributed by atoms with Gasteiger partial charge in [-0.15, -0.1) is 0 Å². The van der Waals surface area contributed by atoms with Crippen LogP contribution in [-0.2, 0) is 38.2 Å². The summed E-state index contributed by atoms with van der Waals surface area (Å²) in [6, 6.07) is 0. The molecule has 0 aromatic rings. The Morgan fingerprint density at radius 2 is 0.942 bits per heavy atom. The average molecular weight is 717 g/mol. The second-order valence-corrected chi connectivity index (χ2v) is 20.4. The lowest BCUT2D eigenvalue weighted by Gasteiger charge is -2.64. The zero-order valence-electron chi connectivity index (χ0n) is 32.8. The third-order valence-electron chi connectivity index (χ3n) is 16.6. The molecule has 0 radical (unpaired) electrons. The van der Waals surface area contributed by atoms with Crippen LogP contribution in [-0.4, -0.2) is 47.3 Å². The van der Waals surface area contributed by atoms with E-state index in [1.54, 1.807) is 0 Å². The van der Waals surface area contributed by atoms with Crippen molar-refractivity contribution in [3.05, 3.63) is 24.3 Å². The van der Waals surface area contributed by atoms with Gasteiger partial charge in [-0.3, -0.25) is 28.8 Å². The van der Waals surface area contributed by atoms with Crippen molar-refractivity contribution >= 4 is 35.1 Å². The van der Waals surface area contributed by atoms with Crippen LogP contribution in [0, 0.1) is 68.0 Å². The maximum atomic E-state index is 13.3. The summed E-state index contributed by atoms with van der Waals surface area (Å²) >= 11 is 0. The SMILES string of the molecule is C=C1C[C@@]23C[C@@H]1C(=O)C[C@@H]2[C@@]1(C)C(=O)CCC(C)(C)[C@H]1[C@H](OC(C)=O)C3.C=C1C[C@]23C[C@H]1C(=O)C[C@H]2[C@]1(C)C(=O)CCC(C)(C)[C@@H]1[C@@H](OC(C)=O)C3. The van der Waals surface area contributed by atoms with Crippen LogP contribution in [0.25, 0.3) is 0 Å². The summed E-state index contributed by atoms with van der Waals surface area (Å²) in [6.45, 7) is 24.2. The van der Waals surface area contributed by atoms with Crippen molar-refractivity contribution in [3.63, 3.8) is 0 Å². The second kappa shape index (κ2) is 11.8. The lowest BCUT2D eigenvalue weighted by molar-refractivity contribution is -0.209. The third-order valence-corrected chi connectivity index (χ3v) is 16.6. The molecule has 8 aliphatic carbocycles. The van der Waals surface area contributed by atoms with E-state index in [2.05, 4.69) is 54.7 Å². The van der Waals surface area contributed by atoms with E-state index in [1.807, 2.05) is 0 Å². The van der Waals surface area contributed by atoms with Gasteiger partial charge in [-0.2, -0.15) is 0 Å². The Labute approximate surface area is 309 Å². The van der Waals surface area contributed by atoms with Gasteiger partial charge in [0.15, 0.2) is 0 Å². The Morgan fingerprint density at radius 3 is 1.27 bits per heavy atom. The molecule has 8 rings (SSSR count). The number of rotatable bonds is 2. The van der Waals surface area contributed by atoms with Crippen molar-refractivity contribution in [2.75, 3.05) is 0 Å². The quantitative estimate of drug-likeness (QED) is 0.210. The highest BCUT2D eigenvalue weighted by Gasteiger charge is 2.72. The van der Waals surface area contributed by atoms with Gasteiger partial charge in [-0.25, -0.2) is 0 Å². The maximum Gasteiger partial charge on any atom is 0.302 e. The van der Waals surface area contributed by atoms with E-state index in [4.69, 9.17) is 9.47 Å². The van der Waals surface area contributed by atoms with E-state index < -0.39 is 10.8 Å². The highest BCUT2D eigenvalue weighted by molar-refractivity contribution is 5.92. The predicted octanol–water partition coefficient (Wildman–Crippen LogP) is 7.75. The second-order valence-electron chi connectivity index (χ2n) is 20.4. The molecule has 0 aromatic heterocycles. The Kier molecular flexibility index (Phi) is 8.49. The molecule has 8 saturated carbocycles. The molecular formula is C44H60O8. The zero-order chi connectivity index (χ0) is 38.1. The first-order chi connectivity index (χ1) is 24.0. The number of hydrogen-bond acceptors (Lipinski definition) is 8. The molecule has 52 heavy (non-hydrogen) atoms. The number of ketones is 4. The molecule has 0 aromatic carbocycles. The van der Waals surface area contributed by atoms with Gasteiger partial charge in [-0.1, -0.05) is 65.8 Å². The summed E-state index contributed by atoms with van der Waals surface area (Å²) in [7, 11) is 0. The Balaban J connectivity index is 0.000000162. The minimum atomic E-state index is -0.606. The van der Waals surface area contributed by atoms with Crippen LogP contribution in [0.15, 0.2) is 24.3 Å². The number of carbonyl (C=O) groups is 6. The first-order valence-corrected chi connectivity index (χ1v) is 19.8. The summed E-state index contributed by atoms with van der Waals surface area (Å²) < 4.78 is 11.7. The predicted molar refractivity (Wildman–Crippen MR) is 194 cm³/mol. The zero-order valence-corrected chi connectivity index (χ0v) is 32.8. The molecular weight excluding hydrogens is 656 g/mol. The van der Waals surface area contributed by atoms with Gasteiger partial charge < -0.3 is 9.47 Å². The number of ether oxygens (including phenoxy) is 2. The lowest BCUT2D eigenvalue weighted by atomic mass is 9.40. The minimum absolute atomic E-state index is 0.0333. The van der Waals surface area contributed by atoms with Crippen molar-refractivity contribution in [2.24, 2.45) is 68.0 Å². The molecule has 4 bridgehead atoms. The molecule has 0 heterocycles. The summed E-state index contributed by atoms with van der Waals surface area (Å²) in [5.74, 6) is 0.380. The number of Topliss-reactive ketones (excluding diaryl/α,β-unsaturated/α-hetero) is 4. The van der Waals surface area contributed by atoms with Gasteiger partial charge in [0.25, 0.3) is 0 Å². The van der Waals surface area contributed by atoms with Crippen LogP contribution >= 0.6 is 0 Å². The topological polar surface area (TPSA) is 121 Å². The molecule has 8 fully saturated rings. The highest BCUT2D eigenvalue weighted by atomic mass is 16.5. The van der Waals surface area contributed by atoms with E-state index >= 15 is 0 Å². The largest absolute Gasteiger partial charge is 0.462 e. The minimum Gasteiger partial charge on any atom is -0.462 e. The Morgan fingerprint density at radius 1 is 0.596 bits per heavy atom. The molecule has 0 amide bonds. The van der Waals surface area contributed by atoms with Crippen LogP contribution < -0.4 is 0 Å². The normalized spacial score (nSPS) is 46.5. The van der Waals surface area contributed by atoms with Crippen molar-refractivity contribution in [1.82, 2.24) is 0 Å². The van der Waals surface area contributed by atoms with Crippen LogP contribution in [0.3, 0.4) is 0 Å². The Bertz CT molecular complexity index is 1560. The first kappa shape index (κ1) is 37.4. The lowest BCUT2D eigenvalue weighted by Crippen LogP contribution is -2.65. The third kappa shape index (κ3) is 5.17. The standard InChI is InChI=1S/2C22H30O4/c2*1-12-9-22-10-14(12)15(24)8-17(22)21(5)18(25)6-7-20(3,4)19(21)16(11-22)26-13(2)23/h2*14,16-17,19H,1,6-11H2,2-5H3/t2*14-,16+,17+,19+,21-,22-/m10/s1.